The summed E-state index contributed by atoms with van der Waals surface area (Å²) in [5.41, 5.74) is 2.71. The van der Waals surface area contributed by atoms with Crippen LogP contribution in [0.15, 0.2) is 54.9 Å². The summed E-state index contributed by atoms with van der Waals surface area (Å²) < 4.78 is 2.08. The Morgan fingerprint density at radius 1 is 0.933 bits per heavy atom. The second-order valence-corrected chi connectivity index (χ2v) is 3.54. The van der Waals surface area contributed by atoms with Crippen LogP contribution in [0.1, 0.15) is 11.1 Å². The number of hydrogen-bond donors (Lipinski definition) is 0. The Morgan fingerprint density at radius 3 is 2.27 bits per heavy atom. The molecule has 1 aromatic heterocycles. The van der Waals surface area contributed by atoms with Gasteiger partial charge in [-0.2, -0.15) is 0 Å². The van der Waals surface area contributed by atoms with Crippen LogP contribution in [0.3, 0.4) is 0 Å². The van der Waals surface area contributed by atoms with Crippen molar-refractivity contribution in [3.05, 3.63) is 66.0 Å². The van der Waals surface area contributed by atoms with Crippen LogP contribution in [-0.4, -0.2) is 0 Å². The number of nitrogens with zero attached hydrogens (tertiary/aromatic N) is 1. The van der Waals surface area contributed by atoms with Crippen LogP contribution in [0, 0.1) is 0 Å². The summed E-state index contributed by atoms with van der Waals surface area (Å²) in [5.74, 6) is 0. The van der Waals surface area contributed by atoms with Crippen molar-refractivity contribution in [1.82, 2.24) is 0 Å². The normalized spacial score (nSPS) is 9.40. The quantitative estimate of drug-likeness (QED) is 0.577. The zero-order valence-electron chi connectivity index (χ0n) is 8.73. The summed E-state index contributed by atoms with van der Waals surface area (Å²) in [4.78, 5) is 0. The minimum atomic E-state index is 0. The number of pyridine rings is 1. The maximum atomic E-state index is 2.16. The van der Waals surface area contributed by atoms with Gasteiger partial charge in [-0.25, -0.2) is 4.57 Å². The number of benzene rings is 1. The average molecular weight is 220 g/mol. The first-order chi connectivity index (χ1) is 6.84. The fraction of sp³-hybridized carbons (Fsp3) is 0.154. The third-order valence-corrected chi connectivity index (χ3v) is 2.25. The molecule has 78 valence electrons. The first-order valence-electron chi connectivity index (χ1n) is 4.83. The van der Waals surface area contributed by atoms with Crippen molar-refractivity contribution in [2.45, 2.75) is 6.42 Å². The first-order valence-corrected chi connectivity index (χ1v) is 4.83. The van der Waals surface area contributed by atoms with Gasteiger partial charge in [0.1, 0.15) is 7.05 Å². The van der Waals surface area contributed by atoms with Crippen molar-refractivity contribution in [2.75, 3.05) is 0 Å². The highest BCUT2D eigenvalue weighted by molar-refractivity contribution is 5.22. The van der Waals surface area contributed by atoms with Gasteiger partial charge in [0.05, 0.1) is 0 Å². The molecular formula is C13H14ClN. The van der Waals surface area contributed by atoms with E-state index in [9.17, 15) is 0 Å². The predicted octanol–water partition coefficient (Wildman–Crippen LogP) is -0.894. The van der Waals surface area contributed by atoms with Crippen molar-refractivity contribution in [3.63, 3.8) is 0 Å². The zero-order valence-corrected chi connectivity index (χ0v) is 9.48. The standard InChI is InChI=1S/C13H14N.ClH/c1-14-9-5-8-13(11-14)10-12-6-3-2-4-7-12;/h2-9,11H,10H2,1H3;1H/q+1;/p-1. The van der Waals surface area contributed by atoms with E-state index < -0.39 is 0 Å². The summed E-state index contributed by atoms with van der Waals surface area (Å²) in [6, 6.07) is 14.8. The number of halogens is 1. The van der Waals surface area contributed by atoms with Gasteiger partial charge < -0.3 is 12.4 Å². The molecule has 0 aliphatic rings. The number of hydrogen-bond acceptors (Lipinski definition) is 0. The van der Waals surface area contributed by atoms with E-state index in [1.807, 2.05) is 0 Å². The Kier molecular flexibility index (Phi) is 4.32. The topological polar surface area (TPSA) is 3.88 Å². The molecule has 0 spiro atoms. The lowest BCUT2D eigenvalue weighted by molar-refractivity contribution is -0.671. The molecule has 0 fully saturated rings. The Hall–Kier alpha value is -1.34. The van der Waals surface area contributed by atoms with Crippen LogP contribution in [0.25, 0.3) is 0 Å². The molecule has 1 heterocycles. The van der Waals surface area contributed by atoms with Crippen LogP contribution in [-0.2, 0) is 13.5 Å². The van der Waals surface area contributed by atoms with E-state index in [0.717, 1.165) is 6.42 Å². The highest BCUT2D eigenvalue weighted by atomic mass is 35.5. The molecule has 2 rings (SSSR count). The van der Waals surface area contributed by atoms with E-state index in [0.29, 0.717) is 0 Å². The Bertz CT molecular complexity index is 412. The zero-order chi connectivity index (χ0) is 9.80. The van der Waals surface area contributed by atoms with Crippen molar-refractivity contribution in [2.24, 2.45) is 7.05 Å². The van der Waals surface area contributed by atoms with E-state index in [-0.39, 0.29) is 12.4 Å². The Balaban J connectivity index is 0.00000112. The van der Waals surface area contributed by atoms with Gasteiger partial charge in [-0.1, -0.05) is 30.3 Å². The van der Waals surface area contributed by atoms with Gasteiger partial charge in [-0.3, -0.25) is 0 Å². The van der Waals surface area contributed by atoms with Gasteiger partial charge in [0.15, 0.2) is 12.4 Å². The smallest absolute Gasteiger partial charge is 0.172 e. The lowest BCUT2D eigenvalue weighted by atomic mass is 10.1. The summed E-state index contributed by atoms with van der Waals surface area (Å²) in [7, 11) is 2.05. The van der Waals surface area contributed by atoms with E-state index in [2.05, 4.69) is 66.5 Å². The predicted molar refractivity (Wildman–Crippen MR) is 56.9 cm³/mol. The van der Waals surface area contributed by atoms with Gasteiger partial charge in [0, 0.05) is 18.1 Å². The highest BCUT2D eigenvalue weighted by Crippen LogP contribution is 2.06. The fourth-order valence-electron chi connectivity index (χ4n) is 1.59. The van der Waals surface area contributed by atoms with Gasteiger partial charge in [-0.15, -0.1) is 0 Å². The van der Waals surface area contributed by atoms with Crippen molar-refractivity contribution in [3.8, 4) is 0 Å². The molecule has 0 N–H and O–H groups in total. The second kappa shape index (κ2) is 5.52. The molecule has 0 unspecified atom stereocenters. The molecule has 0 amide bonds. The molecular weight excluding hydrogens is 206 g/mol. The fourth-order valence-corrected chi connectivity index (χ4v) is 1.59. The maximum absolute atomic E-state index is 2.16. The lowest BCUT2D eigenvalue weighted by Crippen LogP contribution is -3.00. The molecule has 1 nitrogen and oxygen atoms in total. The highest BCUT2D eigenvalue weighted by Gasteiger charge is 1.98. The average Bonchev–Trinajstić information content (AvgIpc) is 2.19. The van der Waals surface area contributed by atoms with Gasteiger partial charge in [0.25, 0.3) is 0 Å². The van der Waals surface area contributed by atoms with Gasteiger partial charge in [0.2, 0.25) is 0 Å². The summed E-state index contributed by atoms with van der Waals surface area (Å²) >= 11 is 0. The molecule has 2 aromatic rings. The van der Waals surface area contributed by atoms with Gasteiger partial charge >= 0.3 is 0 Å². The lowest BCUT2D eigenvalue weighted by Gasteiger charge is -1.99. The largest absolute Gasteiger partial charge is 1.00 e. The molecule has 1 aromatic carbocycles. The van der Waals surface area contributed by atoms with E-state index in [1.54, 1.807) is 0 Å². The van der Waals surface area contributed by atoms with Crippen molar-refractivity contribution >= 4 is 0 Å². The van der Waals surface area contributed by atoms with Crippen LogP contribution in [0.5, 0.6) is 0 Å². The van der Waals surface area contributed by atoms with Crippen molar-refractivity contribution in [1.29, 1.82) is 0 Å². The van der Waals surface area contributed by atoms with Crippen LogP contribution in [0.2, 0.25) is 0 Å². The second-order valence-electron chi connectivity index (χ2n) is 3.54. The number of aromatic nitrogens is 1. The molecule has 2 heteroatoms. The summed E-state index contributed by atoms with van der Waals surface area (Å²) in [6.45, 7) is 0. The monoisotopic (exact) mass is 219 g/mol. The molecule has 15 heavy (non-hydrogen) atoms. The minimum absolute atomic E-state index is 0. The van der Waals surface area contributed by atoms with E-state index in [4.69, 9.17) is 0 Å². The van der Waals surface area contributed by atoms with Crippen LogP contribution >= 0.6 is 0 Å². The summed E-state index contributed by atoms with van der Waals surface area (Å²) in [5, 5.41) is 0. The molecule has 0 atom stereocenters. The Morgan fingerprint density at radius 2 is 1.60 bits per heavy atom. The number of rotatable bonds is 2. The van der Waals surface area contributed by atoms with Gasteiger partial charge in [-0.05, 0) is 11.6 Å². The molecule has 0 bridgehead atoms. The molecule has 0 aliphatic carbocycles. The van der Waals surface area contributed by atoms with Crippen molar-refractivity contribution < 1.29 is 17.0 Å². The number of aryl methyl sites for hydroxylation is 1. The van der Waals surface area contributed by atoms with Crippen LogP contribution < -0.4 is 17.0 Å². The minimum Gasteiger partial charge on any atom is -1.00 e. The summed E-state index contributed by atoms with van der Waals surface area (Å²) in [6.07, 6.45) is 5.22. The molecule has 0 aliphatic heterocycles. The Labute approximate surface area is 96.8 Å². The third-order valence-electron chi connectivity index (χ3n) is 2.25. The van der Waals surface area contributed by atoms with E-state index in [1.165, 1.54) is 11.1 Å². The molecule has 0 radical (unpaired) electrons. The first kappa shape index (κ1) is 11.7. The maximum Gasteiger partial charge on any atom is 0.172 e. The van der Waals surface area contributed by atoms with Crippen LogP contribution in [0.4, 0.5) is 0 Å². The molecule has 0 saturated carbocycles. The SMILES string of the molecule is C[n+]1cccc(Cc2ccccc2)c1.[Cl-]. The van der Waals surface area contributed by atoms with E-state index >= 15 is 0 Å². The molecule has 0 saturated heterocycles. The third kappa shape index (κ3) is 3.37.